The van der Waals surface area contributed by atoms with Gasteiger partial charge in [-0.25, -0.2) is 0 Å². The third-order valence-electron chi connectivity index (χ3n) is 12.1. The molecule has 5 aliphatic rings. The van der Waals surface area contributed by atoms with E-state index in [1.54, 1.807) is 0 Å². The molecule has 1 aliphatic heterocycles. The van der Waals surface area contributed by atoms with Gasteiger partial charge in [0.15, 0.2) is 0 Å². The van der Waals surface area contributed by atoms with Gasteiger partial charge in [0.2, 0.25) is 0 Å². The Bertz CT molecular complexity index is 1050. The minimum Gasteiger partial charge on any atom is -0.462 e. The van der Waals surface area contributed by atoms with Crippen molar-refractivity contribution < 1.29 is 24.2 Å². The van der Waals surface area contributed by atoms with Crippen molar-refractivity contribution >= 4 is 11.9 Å². The highest BCUT2D eigenvalue weighted by molar-refractivity contribution is 5.84. The van der Waals surface area contributed by atoms with Gasteiger partial charge in [-0.1, -0.05) is 51.0 Å². The predicted octanol–water partition coefficient (Wildman–Crippen LogP) is 6.54. The molecule has 0 aromatic heterocycles. The van der Waals surface area contributed by atoms with Crippen LogP contribution in [0.25, 0.3) is 0 Å². The lowest BCUT2D eigenvalue weighted by Gasteiger charge is -2.63. The number of allylic oxidation sites excluding steroid dienone is 4. The van der Waals surface area contributed by atoms with Gasteiger partial charge in [0, 0.05) is 6.92 Å². The highest BCUT2D eigenvalue weighted by atomic mass is 16.6. The van der Waals surface area contributed by atoms with Crippen LogP contribution in [0, 0.1) is 39.4 Å². The second kappa shape index (κ2) is 8.44. The number of carbonyl (C=O) groups excluding carboxylic acids is 2. The molecule has 4 fully saturated rings. The van der Waals surface area contributed by atoms with Gasteiger partial charge in [0.05, 0.1) is 17.4 Å². The topological polar surface area (TPSA) is 72.8 Å². The lowest BCUT2D eigenvalue weighted by atomic mass is 9.41. The van der Waals surface area contributed by atoms with E-state index in [-0.39, 0.29) is 52.2 Å². The molecule has 0 radical (unpaired) electrons. The largest absolute Gasteiger partial charge is 0.462 e. The molecule has 0 amide bonds. The van der Waals surface area contributed by atoms with E-state index in [4.69, 9.17) is 9.47 Å². The van der Waals surface area contributed by atoms with Crippen LogP contribution < -0.4 is 0 Å². The van der Waals surface area contributed by atoms with Crippen molar-refractivity contribution in [3.05, 3.63) is 23.3 Å². The van der Waals surface area contributed by atoms with E-state index in [1.807, 2.05) is 0 Å². The highest BCUT2D eigenvalue weighted by Gasteiger charge is 2.79. The molecular formula is C32H48O5. The molecule has 1 heterocycles. The number of cyclic esters (lactones) is 1. The Morgan fingerprint density at radius 3 is 2.49 bits per heavy atom. The molecule has 4 aliphatic carbocycles. The first-order chi connectivity index (χ1) is 17.1. The average Bonchev–Trinajstić information content (AvgIpc) is 3.17. The van der Waals surface area contributed by atoms with E-state index < -0.39 is 11.0 Å². The molecule has 5 heteroatoms. The Labute approximate surface area is 223 Å². The quantitative estimate of drug-likeness (QED) is 0.342. The van der Waals surface area contributed by atoms with Gasteiger partial charge < -0.3 is 14.6 Å². The molecule has 206 valence electrons. The van der Waals surface area contributed by atoms with Crippen LogP contribution in [0.5, 0.6) is 0 Å². The number of aliphatic hydroxyl groups excluding tert-OH is 1. The Morgan fingerprint density at radius 2 is 1.84 bits per heavy atom. The zero-order valence-corrected chi connectivity index (χ0v) is 24.3. The van der Waals surface area contributed by atoms with Gasteiger partial charge in [0.1, 0.15) is 11.7 Å². The third-order valence-corrected chi connectivity index (χ3v) is 12.1. The SMILES string of the molecule is CC(=O)O[C@H]1C[C@@]2(C)[C@@H]3CC[C@H]4C(C)(C)[C@@H](O)CC[C@]4(C)C3=CC[C@@]23C(=O)O[C@@](C)(CCC=C(C)C)[C@@H]13. The summed E-state index contributed by atoms with van der Waals surface area (Å²) in [5, 5.41) is 10.9. The van der Waals surface area contributed by atoms with E-state index in [2.05, 4.69) is 60.6 Å². The summed E-state index contributed by atoms with van der Waals surface area (Å²) in [7, 11) is 0. The van der Waals surface area contributed by atoms with Crippen LogP contribution in [0.15, 0.2) is 23.3 Å². The van der Waals surface area contributed by atoms with Crippen LogP contribution in [-0.2, 0) is 19.1 Å². The lowest BCUT2D eigenvalue weighted by molar-refractivity contribution is -0.164. The number of carbonyl (C=O) groups is 2. The van der Waals surface area contributed by atoms with Gasteiger partial charge in [0.25, 0.3) is 0 Å². The van der Waals surface area contributed by atoms with Crippen molar-refractivity contribution in [3.8, 4) is 0 Å². The summed E-state index contributed by atoms with van der Waals surface area (Å²) in [6.45, 7) is 16.9. The van der Waals surface area contributed by atoms with Crippen molar-refractivity contribution in [2.24, 2.45) is 39.4 Å². The van der Waals surface area contributed by atoms with Gasteiger partial charge >= 0.3 is 11.9 Å². The summed E-state index contributed by atoms with van der Waals surface area (Å²) >= 11 is 0. The molecule has 3 saturated carbocycles. The zero-order valence-electron chi connectivity index (χ0n) is 24.3. The molecule has 5 nitrogen and oxygen atoms in total. The molecule has 0 aromatic rings. The summed E-state index contributed by atoms with van der Waals surface area (Å²) in [6.07, 6.45) is 10.8. The van der Waals surface area contributed by atoms with Crippen molar-refractivity contribution in [1.82, 2.24) is 0 Å². The molecular weight excluding hydrogens is 464 g/mol. The predicted molar refractivity (Wildman–Crippen MR) is 143 cm³/mol. The van der Waals surface area contributed by atoms with Crippen molar-refractivity contribution in [2.45, 2.75) is 125 Å². The maximum absolute atomic E-state index is 14.1. The summed E-state index contributed by atoms with van der Waals surface area (Å²) in [6, 6.07) is 0. The van der Waals surface area contributed by atoms with Crippen molar-refractivity contribution in [2.75, 3.05) is 0 Å². The fraction of sp³-hybridized carbons (Fsp3) is 0.812. The van der Waals surface area contributed by atoms with Gasteiger partial charge in [-0.15, -0.1) is 0 Å². The van der Waals surface area contributed by atoms with Crippen LogP contribution in [0.1, 0.15) is 107 Å². The number of fused-ring (bicyclic) bond motifs is 4. The van der Waals surface area contributed by atoms with E-state index in [0.717, 1.165) is 38.5 Å². The molecule has 37 heavy (non-hydrogen) atoms. The molecule has 5 rings (SSSR count). The van der Waals surface area contributed by atoms with E-state index >= 15 is 0 Å². The van der Waals surface area contributed by atoms with Crippen LogP contribution in [0.4, 0.5) is 0 Å². The molecule has 9 atom stereocenters. The summed E-state index contributed by atoms with van der Waals surface area (Å²) in [5.41, 5.74) is 0.958. The molecule has 1 spiro atoms. The van der Waals surface area contributed by atoms with Crippen LogP contribution in [0.3, 0.4) is 0 Å². The average molecular weight is 513 g/mol. The van der Waals surface area contributed by atoms with Gasteiger partial charge in [-0.05, 0) is 100 Å². The monoisotopic (exact) mass is 512 g/mol. The smallest absolute Gasteiger partial charge is 0.314 e. The summed E-state index contributed by atoms with van der Waals surface area (Å²) in [5.74, 6) is 0.149. The molecule has 0 unspecified atom stereocenters. The van der Waals surface area contributed by atoms with Crippen LogP contribution in [-0.4, -0.2) is 34.9 Å². The Kier molecular flexibility index (Phi) is 6.15. The summed E-state index contributed by atoms with van der Waals surface area (Å²) < 4.78 is 12.4. The molecule has 0 bridgehead atoms. The number of hydrogen-bond acceptors (Lipinski definition) is 5. The van der Waals surface area contributed by atoms with Crippen LogP contribution >= 0.6 is 0 Å². The normalized spacial score (nSPS) is 47.5. The Balaban J connectivity index is 1.59. The van der Waals surface area contributed by atoms with Gasteiger partial charge in [-0.2, -0.15) is 0 Å². The third kappa shape index (κ3) is 3.51. The number of hydrogen-bond donors (Lipinski definition) is 1. The second-order valence-corrected chi connectivity index (χ2v) is 14.6. The standard InChI is InChI=1S/C32H48O5/c1-19(2)10-9-15-31(8)26-23(36-20(3)33)18-30(7)22-11-12-24-28(4,5)25(34)14-16-29(24,6)21(22)13-17-32(26,30)27(35)37-31/h10,13,22-26,34H,9,11-12,14-18H2,1-8H3/t22-,23+,24+,25+,26-,29-,30+,31+,32-/m1/s1. The molecule has 0 aromatic carbocycles. The minimum atomic E-state index is -0.673. The number of ether oxygens (including phenoxy) is 2. The molecule has 1 N–H and O–H groups in total. The Morgan fingerprint density at radius 1 is 1.14 bits per heavy atom. The second-order valence-electron chi connectivity index (χ2n) is 14.6. The van der Waals surface area contributed by atoms with Crippen molar-refractivity contribution in [1.29, 1.82) is 0 Å². The van der Waals surface area contributed by atoms with Gasteiger partial charge in [-0.3, -0.25) is 9.59 Å². The molecule has 1 saturated heterocycles. The fourth-order valence-corrected chi connectivity index (χ4v) is 10.4. The first kappa shape index (κ1) is 27.0. The maximum atomic E-state index is 14.1. The maximum Gasteiger partial charge on any atom is 0.314 e. The van der Waals surface area contributed by atoms with E-state index in [0.29, 0.717) is 18.8 Å². The van der Waals surface area contributed by atoms with E-state index in [9.17, 15) is 14.7 Å². The number of rotatable bonds is 4. The highest BCUT2D eigenvalue weighted by Crippen LogP contribution is 2.76. The fourth-order valence-electron chi connectivity index (χ4n) is 10.4. The number of aliphatic hydroxyl groups is 1. The lowest BCUT2D eigenvalue weighted by Crippen LogP contribution is -2.58. The number of esters is 2. The summed E-state index contributed by atoms with van der Waals surface area (Å²) in [4.78, 5) is 26.4. The Hall–Kier alpha value is -1.62. The van der Waals surface area contributed by atoms with E-state index in [1.165, 1.54) is 18.1 Å². The minimum absolute atomic E-state index is 0.0144. The zero-order chi connectivity index (χ0) is 27.2. The van der Waals surface area contributed by atoms with Crippen molar-refractivity contribution in [3.63, 3.8) is 0 Å². The first-order valence-electron chi connectivity index (χ1n) is 14.6. The first-order valence-corrected chi connectivity index (χ1v) is 14.6. The van der Waals surface area contributed by atoms with Crippen LogP contribution in [0.2, 0.25) is 0 Å².